The molecule has 6 heteroatoms. The second kappa shape index (κ2) is 5.83. The van der Waals surface area contributed by atoms with Crippen LogP contribution in [0, 0.1) is 17.0 Å². The Morgan fingerprint density at radius 2 is 2.10 bits per heavy atom. The van der Waals surface area contributed by atoms with E-state index in [0.29, 0.717) is 11.1 Å². The average Bonchev–Trinajstić information content (AvgIpc) is 2.92. The van der Waals surface area contributed by atoms with Gasteiger partial charge in [-0.25, -0.2) is 0 Å². The van der Waals surface area contributed by atoms with Gasteiger partial charge < -0.3 is 5.32 Å². The monoisotopic (exact) mass is 290 g/mol. The van der Waals surface area contributed by atoms with Crippen LogP contribution < -0.4 is 5.32 Å². The highest BCUT2D eigenvalue weighted by molar-refractivity contribution is 7.10. The van der Waals surface area contributed by atoms with Crippen molar-refractivity contribution in [3.63, 3.8) is 0 Å². The summed E-state index contributed by atoms with van der Waals surface area (Å²) in [5, 5.41) is 15.7. The molecule has 1 aromatic heterocycles. The Hall–Kier alpha value is -2.21. The van der Waals surface area contributed by atoms with E-state index in [2.05, 4.69) is 5.32 Å². The lowest BCUT2D eigenvalue weighted by Gasteiger charge is -2.13. The third-order valence-corrected chi connectivity index (χ3v) is 4.12. The van der Waals surface area contributed by atoms with Gasteiger partial charge in [0.15, 0.2) is 0 Å². The highest BCUT2D eigenvalue weighted by Gasteiger charge is 2.19. The van der Waals surface area contributed by atoms with Crippen LogP contribution in [0.15, 0.2) is 35.7 Å². The van der Waals surface area contributed by atoms with Crippen LogP contribution in [0.2, 0.25) is 0 Å². The first-order valence-electron chi connectivity index (χ1n) is 6.09. The van der Waals surface area contributed by atoms with Crippen molar-refractivity contribution in [2.24, 2.45) is 0 Å². The predicted octanol–water partition coefficient (Wildman–Crippen LogP) is 3.46. The van der Waals surface area contributed by atoms with Crippen molar-refractivity contribution in [2.75, 3.05) is 0 Å². The van der Waals surface area contributed by atoms with Gasteiger partial charge >= 0.3 is 0 Å². The van der Waals surface area contributed by atoms with Gasteiger partial charge in [0.05, 0.1) is 11.0 Å². The number of hydrogen-bond acceptors (Lipinski definition) is 4. The van der Waals surface area contributed by atoms with Crippen molar-refractivity contribution in [1.29, 1.82) is 0 Å². The Morgan fingerprint density at radius 3 is 2.70 bits per heavy atom. The molecule has 0 radical (unpaired) electrons. The number of thiophene rings is 1. The normalized spacial score (nSPS) is 11.9. The molecule has 1 heterocycles. The van der Waals surface area contributed by atoms with Gasteiger partial charge in [-0.2, -0.15) is 0 Å². The maximum Gasteiger partial charge on any atom is 0.273 e. The lowest BCUT2D eigenvalue weighted by Crippen LogP contribution is -2.26. The van der Waals surface area contributed by atoms with Crippen molar-refractivity contribution >= 4 is 22.9 Å². The molecule has 0 spiro atoms. The van der Waals surface area contributed by atoms with Crippen LogP contribution >= 0.6 is 11.3 Å². The minimum absolute atomic E-state index is 0.0403. The van der Waals surface area contributed by atoms with Gasteiger partial charge in [-0.15, -0.1) is 11.3 Å². The van der Waals surface area contributed by atoms with Crippen LogP contribution in [0.25, 0.3) is 0 Å². The Kier molecular flexibility index (Phi) is 4.14. The van der Waals surface area contributed by atoms with Crippen LogP contribution in [0.5, 0.6) is 0 Å². The topological polar surface area (TPSA) is 72.2 Å². The third kappa shape index (κ3) is 2.85. The van der Waals surface area contributed by atoms with Crippen molar-refractivity contribution in [1.82, 2.24) is 5.32 Å². The Labute approximate surface area is 120 Å². The number of amides is 1. The van der Waals surface area contributed by atoms with Gasteiger partial charge in [-0.3, -0.25) is 14.9 Å². The number of nitrogens with one attached hydrogen (secondary N) is 1. The molecule has 1 aromatic carbocycles. The summed E-state index contributed by atoms with van der Waals surface area (Å²) in [7, 11) is 0. The second-order valence-electron chi connectivity index (χ2n) is 4.42. The molecule has 0 saturated heterocycles. The second-order valence-corrected chi connectivity index (χ2v) is 5.40. The zero-order valence-electron chi connectivity index (χ0n) is 11.1. The molecule has 0 saturated carbocycles. The van der Waals surface area contributed by atoms with E-state index in [4.69, 9.17) is 0 Å². The zero-order valence-corrected chi connectivity index (χ0v) is 11.9. The summed E-state index contributed by atoms with van der Waals surface area (Å²) in [5.74, 6) is -0.299. The number of hydrogen-bond donors (Lipinski definition) is 1. The standard InChI is InChI=1S/C14H14N2O3S/c1-9-11(5-3-6-12(9)16(18)19)14(17)15-10(2)13-7-4-8-20-13/h3-8,10H,1-2H3,(H,15,17). The molecule has 1 amide bonds. The van der Waals surface area contributed by atoms with Gasteiger partial charge in [0.25, 0.3) is 11.6 Å². The molecule has 2 aromatic rings. The van der Waals surface area contributed by atoms with Gasteiger partial charge in [0, 0.05) is 22.1 Å². The highest BCUT2D eigenvalue weighted by atomic mass is 32.1. The summed E-state index contributed by atoms with van der Waals surface area (Å²) in [5.41, 5.74) is 0.678. The maximum absolute atomic E-state index is 12.2. The SMILES string of the molecule is Cc1c(C(=O)NC(C)c2cccs2)cccc1[N+](=O)[O-]. The summed E-state index contributed by atoms with van der Waals surface area (Å²) in [4.78, 5) is 23.7. The Balaban J connectivity index is 2.22. The molecule has 1 N–H and O–H groups in total. The van der Waals surface area contributed by atoms with Crippen LogP contribution in [0.1, 0.15) is 33.8 Å². The summed E-state index contributed by atoms with van der Waals surface area (Å²) < 4.78 is 0. The van der Waals surface area contributed by atoms with E-state index in [9.17, 15) is 14.9 Å². The first-order valence-corrected chi connectivity index (χ1v) is 6.97. The minimum atomic E-state index is -0.477. The number of nitro benzene ring substituents is 1. The van der Waals surface area contributed by atoms with E-state index in [1.807, 2.05) is 24.4 Å². The minimum Gasteiger partial charge on any atom is -0.345 e. The third-order valence-electron chi connectivity index (χ3n) is 3.06. The smallest absolute Gasteiger partial charge is 0.273 e. The largest absolute Gasteiger partial charge is 0.345 e. The lowest BCUT2D eigenvalue weighted by molar-refractivity contribution is -0.385. The lowest BCUT2D eigenvalue weighted by atomic mass is 10.1. The molecular weight excluding hydrogens is 276 g/mol. The van der Waals surface area contributed by atoms with Crippen molar-refractivity contribution in [3.8, 4) is 0 Å². The number of nitro groups is 1. The van der Waals surface area contributed by atoms with Crippen LogP contribution in [-0.4, -0.2) is 10.8 Å². The van der Waals surface area contributed by atoms with E-state index < -0.39 is 4.92 Å². The maximum atomic E-state index is 12.2. The van der Waals surface area contributed by atoms with Crippen LogP contribution in [0.3, 0.4) is 0 Å². The highest BCUT2D eigenvalue weighted by Crippen LogP contribution is 2.23. The Morgan fingerprint density at radius 1 is 1.35 bits per heavy atom. The number of nitrogens with zero attached hydrogens (tertiary/aromatic N) is 1. The van der Waals surface area contributed by atoms with Gasteiger partial charge in [0.1, 0.15) is 0 Å². The molecule has 104 valence electrons. The van der Waals surface area contributed by atoms with Crippen LogP contribution in [-0.2, 0) is 0 Å². The van der Waals surface area contributed by atoms with E-state index in [-0.39, 0.29) is 17.6 Å². The fourth-order valence-electron chi connectivity index (χ4n) is 1.95. The summed E-state index contributed by atoms with van der Waals surface area (Å²) in [6, 6.07) is 8.25. The summed E-state index contributed by atoms with van der Waals surface area (Å²) in [6.07, 6.45) is 0. The van der Waals surface area contributed by atoms with Crippen molar-refractivity contribution in [2.45, 2.75) is 19.9 Å². The quantitative estimate of drug-likeness (QED) is 0.692. The number of benzene rings is 1. The number of rotatable bonds is 4. The van der Waals surface area contributed by atoms with E-state index >= 15 is 0 Å². The molecule has 20 heavy (non-hydrogen) atoms. The number of carbonyl (C=O) groups is 1. The van der Waals surface area contributed by atoms with Crippen LogP contribution in [0.4, 0.5) is 5.69 Å². The molecule has 1 unspecified atom stereocenters. The molecule has 1 atom stereocenters. The molecule has 0 aliphatic carbocycles. The molecule has 0 bridgehead atoms. The summed E-state index contributed by atoms with van der Waals surface area (Å²) in [6.45, 7) is 3.47. The number of carbonyl (C=O) groups excluding carboxylic acids is 1. The van der Waals surface area contributed by atoms with Gasteiger partial charge in [-0.1, -0.05) is 12.1 Å². The average molecular weight is 290 g/mol. The predicted molar refractivity (Wildman–Crippen MR) is 78.0 cm³/mol. The van der Waals surface area contributed by atoms with Crippen molar-refractivity contribution < 1.29 is 9.72 Å². The fourth-order valence-corrected chi connectivity index (χ4v) is 2.68. The zero-order chi connectivity index (χ0) is 14.7. The first kappa shape index (κ1) is 14.2. The van der Waals surface area contributed by atoms with E-state index in [0.717, 1.165) is 4.88 Å². The van der Waals surface area contributed by atoms with Gasteiger partial charge in [-0.05, 0) is 31.4 Å². The molecule has 0 aliphatic rings. The fraction of sp³-hybridized carbons (Fsp3) is 0.214. The molecule has 5 nitrogen and oxygen atoms in total. The van der Waals surface area contributed by atoms with E-state index in [1.54, 1.807) is 24.3 Å². The summed E-state index contributed by atoms with van der Waals surface area (Å²) >= 11 is 1.56. The van der Waals surface area contributed by atoms with E-state index in [1.165, 1.54) is 12.1 Å². The molecule has 2 rings (SSSR count). The van der Waals surface area contributed by atoms with Crippen molar-refractivity contribution in [3.05, 3.63) is 61.8 Å². The van der Waals surface area contributed by atoms with Gasteiger partial charge in [0.2, 0.25) is 0 Å². The molecule has 0 fully saturated rings. The first-order chi connectivity index (χ1) is 9.50. The molecule has 0 aliphatic heterocycles. The Bertz CT molecular complexity index is 638. The molecular formula is C14H14N2O3S.